The molecule has 0 heterocycles. The molecule has 10 heavy (non-hydrogen) atoms. The van der Waals surface area contributed by atoms with E-state index in [1.807, 2.05) is 5.32 Å². The molecular formula is C5H10F2N2O. The molecule has 0 aromatic rings. The molecule has 0 saturated heterocycles. The Labute approximate surface area is 57.8 Å². The van der Waals surface area contributed by atoms with Crippen LogP contribution in [-0.4, -0.2) is 32.5 Å². The van der Waals surface area contributed by atoms with Gasteiger partial charge in [0.05, 0.1) is 13.1 Å². The third kappa shape index (κ3) is 4.20. The summed E-state index contributed by atoms with van der Waals surface area (Å²) in [7, 11) is 1.43. The summed E-state index contributed by atoms with van der Waals surface area (Å²) in [6.07, 6.45) is 0.254. The monoisotopic (exact) mass is 152 g/mol. The number of rotatable bonds is 5. The van der Waals surface area contributed by atoms with E-state index >= 15 is 0 Å². The Bertz CT molecular complexity index is 108. The van der Waals surface area contributed by atoms with Crippen LogP contribution in [0.1, 0.15) is 0 Å². The Hall–Kier alpha value is -0.710. The van der Waals surface area contributed by atoms with Crippen molar-refractivity contribution in [1.29, 1.82) is 0 Å². The topological polar surface area (TPSA) is 41.1 Å². The zero-order chi connectivity index (χ0) is 8.04. The van der Waals surface area contributed by atoms with Gasteiger partial charge in [-0.3, -0.25) is 4.79 Å². The third-order valence-corrected chi connectivity index (χ3v) is 0.879. The second-order valence-electron chi connectivity index (χ2n) is 1.89. The van der Waals surface area contributed by atoms with Gasteiger partial charge in [-0.05, 0) is 7.05 Å². The summed E-state index contributed by atoms with van der Waals surface area (Å²) in [6.45, 7) is -1.04. The van der Waals surface area contributed by atoms with Gasteiger partial charge >= 0.3 is 0 Å². The van der Waals surface area contributed by atoms with Crippen molar-refractivity contribution in [3.05, 3.63) is 0 Å². The van der Waals surface area contributed by atoms with E-state index in [-0.39, 0.29) is 6.41 Å². The zero-order valence-electron chi connectivity index (χ0n) is 5.66. The first kappa shape index (κ1) is 9.29. The number of carbonyl (C=O) groups excluding carboxylic acids is 1. The molecular weight excluding hydrogens is 142 g/mol. The fourth-order valence-corrected chi connectivity index (χ4v) is 0.512. The molecule has 0 unspecified atom stereocenters. The summed E-state index contributed by atoms with van der Waals surface area (Å²) < 4.78 is 24.7. The van der Waals surface area contributed by atoms with E-state index in [1.54, 1.807) is 0 Å². The molecule has 60 valence electrons. The summed E-state index contributed by atoms with van der Waals surface area (Å²) in [5, 5.41) is 4.21. The molecule has 0 aliphatic carbocycles. The van der Waals surface area contributed by atoms with Gasteiger partial charge < -0.3 is 10.6 Å². The number of halogens is 2. The van der Waals surface area contributed by atoms with E-state index in [9.17, 15) is 13.6 Å². The summed E-state index contributed by atoms with van der Waals surface area (Å²) in [4.78, 5) is 9.59. The number of nitrogens with one attached hydrogen (secondary N) is 2. The van der Waals surface area contributed by atoms with E-state index in [4.69, 9.17) is 0 Å². The van der Waals surface area contributed by atoms with Crippen molar-refractivity contribution < 1.29 is 13.6 Å². The maximum Gasteiger partial charge on any atom is 0.277 e. The highest BCUT2D eigenvalue weighted by Gasteiger charge is 2.26. The number of alkyl halides is 2. The number of amides is 1. The molecule has 0 aliphatic heterocycles. The van der Waals surface area contributed by atoms with Gasteiger partial charge in [0.1, 0.15) is 0 Å². The van der Waals surface area contributed by atoms with E-state index in [0.717, 1.165) is 0 Å². The van der Waals surface area contributed by atoms with Crippen LogP contribution >= 0.6 is 0 Å². The molecule has 0 aliphatic rings. The van der Waals surface area contributed by atoms with Crippen molar-refractivity contribution in [2.24, 2.45) is 0 Å². The molecule has 0 aromatic carbocycles. The first-order chi connectivity index (χ1) is 4.62. The maximum atomic E-state index is 12.3. The third-order valence-electron chi connectivity index (χ3n) is 0.879. The lowest BCUT2D eigenvalue weighted by Gasteiger charge is -2.13. The SMILES string of the molecule is CNCC(F)(F)CNC=O. The van der Waals surface area contributed by atoms with Crippen LogP contribution in [0.5, 0.6) is 0 Å². The summed E-state index contributed by atoms with van der Waals surface area (Å²) in [5.41, 5.74) is 0. The fraction of sp³-hybridized carbons (Fsp3) is 0.800. The molecule has 0 spiro atoms. The maximum absolute atomic E-state index is 12.3. The number of hydrogen-bond donors (Lipinski definition) is 2. The van der Waals surface area contributed by atoms with Crippen molar-refractivity contribution in [3.8, 4) is 0 Å². The van der Waals surface area contributed by atoms with Gasteiger partial charge in [-0.25, -0.2) is 8.78 Å². The predicted octanol–water partition coefficient (Wildman–Crippen LogP) is -0.413. The lowest BCUT2D eigenvalue weighted by Crippen LogP contribution is -2.39. The molecule has 0 radical (unpaired) electrons. The molecule has 0 bridgehead atoms. The van der Waals surface area contributed by atoms with Crippen molar-refractivity contribution in [3.63, 3.8) is 0 Å². The largest absolute Gasteiger partial charge is 0.353 e. The summed E-state index contributed by atoms with van der Waals surface area (Å²) >= 11 is 0. The minimum Gasteiger partial charge on any atom is -0.353 e. The van der Waals surface area contributed by atoms with Crippen LogP contribution in [-0.2, 0) is 4.79 Å². The smallest absolute Gasteiger partial charge is 0.277 e. The van der Waals surface area contributed by atoms with Gasteiger partial charge in [0.2, 0.25) is 6.41 Å². The van der Waals surface area contributed by atoms with Gasteiger partial charge in [0, 0.05) is 0 Å². The quantitative estimate of drug-likeness (QED) is 0.526. The van der Waals surface area contributed by atoms with E-state index in [2.05, 4.69) is 5.32 Å². The van der Waals surface area contributed by atoms with Crippen LogP contribution in [0, 0.1) is 0 Å². The van der Waals surface area contributed by atoms with Crippen LogP contribution < -0.4 is 10.6 Å². The Kier molecular flexibility index (Phi) is 3.87. The van der Waals surface area contributed by atoms with Crippen molar-refractivity contribution >= 4 is 6.41 Å². The lowest BCUT2D eigenvalue weighted by molar-refractivity contribution is -0.111. The lowest BCUT2D eigenvalue weighted by atomic mass is 10.3. The fourth-order valence-electron chi connectivity index (χ4n) is 0.512. The second-order valence-corrected chi connectivity index (χ2v) is 1.89. The van der Waals surface area contributed by atoms with Crippen LogP contribution in [0.25, 0.3) is 0 Å². The Morgan fingerprint density at radius 1 is 1.50 bits per heavy atom. The zero-order valence-corrected chi connectivity index (χ0v) is 5.66. The van der Waals surface area contributed by atoms with E-state index in [1.165, 1.54) is 7.05 Å². The van der Waals surface area contributed by atoms with Gasteiger partial charge in [0.25, 0.3) is 5.92 Å². The molecule has 1 amide bonds. The van der Waals surface area contributed by atoms with Crippen molar-refractivity contribution in [2.45, 2.75) is 5.92 Å². The molecule has 0 atom stereocenters. The molecule has 5 heteroatoms. The molecule has 0 saturated carbocycles. The minimum absolute atomic E-state index is 0.254. The van der Waals surface area contributed by atoms with Crippen LogP contribution in [0.15, 0.2) is 0 Å². The first-order valence-corrected chi connectivity index (χ1v) is 2.82. The molecule has 3 nitrogen and oxygen atoms in total. The first-order valence-electron chi connectivity index (χ1n) is 2.82. The predicted molar refractivity (Wildman–Crippen MR) is 32.9 cm³/mol. The van der Waals surface area contributed by atoms with Crippen LogP contribution in [0.3, 0.4) is 0 Å². The number of carbonyl (C=O) groups is 1. The Morgan fingerprint density at radius 2 is 2.10 bits per heavy atom. The van der Waals surface area contributed by atoms with Crippen LogP contribution in [0.4, 0.5) is 8.78 Å². The van der Waals surface area contributed by atoms with Gasteiger partial charge in [-0.15, -0.1) is 0 Å². The van der Waals surface area contributed by atoms with Gasteiger partial charge in [-0.1, -0.05) is 0 Å². The minimum atomic E-state index is -2.85. The molecule has 0 fully saturated rings. The van der Waals surface area contributed by atoms with E-state index in [0.29, 0.717) is 0 Å². The highest BCUT2D eigenvalue weighted by atomic mass is 19.3. The van der Waals surface area contributed by atoms with Gasteiger partial charge in [-0.2, -0.15) is 0 Å². The average Bonchev–Trinajstić information content (AvgIpc) is 1.84. The average molecular weight is 152 g/mol. The normalized spacial score (nSPS) is 11.1. The highest BCUT2D eigenvalue weighted by Crippen LogP contribution is 2.08. The van der Waals surface area contributed by atoms with Gasteiger partial charge in [0.15, 0.2) is 0 Å². The summed E-state index contributed by atoms with van der Waals surface area (Å²) in [5.74, 6) is -2.85. The molecule has 0 rings (SSSR count). The van der Waals surface area contributed by atoms with E-state index < -0.39 is 19.0 Å². The van der Waals surface area contributed by atoms with Crippen molar-refractivity contribution in [2.75, 3.05) is 20.1 Å². The molecule has 2 N–H and O–H groups in total. The molecule has 0 aromatic heterocycles. The Morgan fingerprint density at radius 3 is 2.50 bits per heavy atom. The van der Waals surface area contributed by atoms with Crippen molar-refractivity contribution in [1.82, 2.24) is 10.6 Å². The number of hydrogen-bond acceptors (Lipinski definition) is 2. The second kappa shape index (κ2) is 4.16. The van der Waals surface area contributed by atoms with Crippen LogP contribution in [0.2, 0.25) is 0 Å². The Balaban J connectivity index is 3.51. The standard InChI is InChI=1S/C5H10F2N2O/c1-8-2-5(6,7)3-9-4-10/h4,8H,2-3H2,1H3,(H,9,10). The summed E-state index contributed by atoms with van der Waals surface area (Å²) in [6, 6.07) is 0. The highest BCUT2D eigenvalue weighted by molar-refractivity contribution is 5.45.